The first-order valence-corrected chi connectivity index (χ1v) is 12.3. The summed E-state index contributed by atoms with van der Waals surface area (Å²) in [4.78, 5) is 17.5. The van der Waals surface area contributed by atoms with Crippen LogP contribution in [0.15, 0.2) is 54.7 Å². The number of pyridine rings is 2. The Morgan fingerprint density at radius 2 is 1.63 bits per heavy atom. The topological polar surface area (TPSA) is 84.9 Å². The van der Waals surface area contributed by atoms with Gasteiger partial charge in [-0.15, -0.1) is 0 Å². The van der Waals surface area contributed by atoms with Crippen LogP contribution in [0.25, 0.3) is 22.4 Å². The van der Waals surface area contributed by atoms with Crippen LogP contribution in [-0.2, 0) is 22.9 Å². The Kier molecular flexibility index (Phi) is 7.82. The summed E-state index contributed by atoms with van der Waals surface area (Å²) < 4.78 is 46.5. The number of hydrogen-bond acceptors (Lipinski definition) is 7. The zero-order chi connectivity index (χ0) is 27.5. The monoisotopic (exact) mass is 524 g/mol. The van der Waals surface area contributed by atoms with Crippen molar-refractivity contribution < 1.29 is 17.9 Å². The summed E-state index contributed by atoms with van der Waals surface area (Å²) in [6, 6.07) is 13.4. The molecule has 4 aromatic rings. The second-order valence-electron chi connectivity index (χ2n) is 10.4. The van der Waals surface area contributed by atoms with Gasteiger partial charge in [0.05, 0.1) is 22.3 Å². The average Bonchev–Trinajstić information content (AvgIpc) is 2.86. The Bertz CT molecular complexity index is 1400. The molecule has 0 aliphatic rings. The molecule has 3 heterocycles. The number of fused-ring (bicyclic) bond motifs is 1. The molecule has 200 valence electrons. The minimum absolute atomic E-state index is 0.0304. The van der Waals surface area contributed by atoms with Crippen LogP contribution in [-0.4, -0.2) is 26.5 Å². The molecule has 7 nitrogen and oxygen atoms in total. The van der Waals surface area contributed by atoms with Crippen LogP contribution in [0.1, 0.15) is 51.6 Å². The standard InChI is InChI=1S/C28H31F3N6O/c1-17(2)15-38-16-23-34-25-20(12-13-22(33-25)24-21(28(29,30)31)7-6-14-32-24)26(35-23)37-36-19-10-8-18(9-11-19)27(3,4)5/h6-14,17,36H,15-16H2,1-5H3,(H,33,34,35,37). The molecule has 0 spiro atoms. The van der Waals surface area contributed by atoms with E-state index in [0.717, 1.165) is 11.8 Å². The number of anilines is 2. The van der Waals surface area contributed by atoms with Crippen molar-refractivity contribution in [2.75, 3.05) is 17.5 Å². The van der Waals surface area contributed by atoms with E-state index in [9.17, 15) is 13.2 Å². The summed E-state index contributed by atoms with van der Waals surface area (Å²) in [5.74, 6) is 1.10. The predicted molar refractivity (Wildman–Crippen MR) is 142 cm³/mol. The number of aromatic nitrogens is 4. The summed E-state index contributed by atoms with van der Waals surface area (Å²) in [7, 11) is 0. The van der Waals surface area contributed by atoms with E-state index in [1.165, 1.54) is 23.9 Å². The van der Waals surface area contributed by atoms with E-state index in [0.29, 0.717) is 29.6 Å². The van der Waals surface area contributed by atoms with Gasteiger partial charge in [0, 0.05) is 12.8 Å². The smallest absolute Gasteiger partial charge is 0.373 e. The lowest BCUT2D eigenvalue weighted by Gasteiger charge is -2.19. The molecule has 0 bridgehead atoms. The number of nitrogens with zero attached hydrogens (tertiary/aromatic N) is 4. The fourth-order valence-electron chi connectivity index (χ4n) is 3.76. The summed E-state index contributed by atoms with van der Waals surface area (Å²) in [5, 5.41) is 0.532. The largest absolute Gasteiger partial charge is 0.418 e. The maximum absolute atomic E-state index is 13.6. The van der Waals surface area contributed by atoms with E-state index in [2.05, 4.69) is 51.6 Å². The summed E-state index contributed by atoms with van der Waals surface area (Å²) in [6.07, 6.45) is -3.26. The van der Waals surface area contributed by atoms with Gasteiger partial charge in [-0.05, 0) is 53.3 Å². The van der Waals surface area contributed by atoms with Crippen molar-refractivity contribution in [3.63, 3.8) is 0 Å². The molecule has 0 atom stereocenters. The third-order valence-electron chi connectivity index (χ3n) is 5.72. The number of ether oxygens (including phenoxy) is 1. The molecular formula is C28H31F3N6O. The zero-order valence-corrected chi connectivity index (χ0v) is 22.0. The zero-order valence-electron chi connectivity index (χ0n) is 22.0. The Balaban J connectivity index is 1.69. The highest BCUT2D eigenvalue weighted by atomic mass is 19.4. The lowest BCUT2D eigenvalue weighted by Crippen LogP contribution is -2.14. The van der Waals surface area contributed by atoms with E-state index >= 15 is 0 Å². The fraction of sp³-hybridized carbons (Fsp3) is 0.357. The number of alkyl halides is 3. The van der Waals surface area contributed by atoms with Crippen LogP contribution in [0.4, 0.5) is 24.7 Å². The second kappa shape index (κ2) is 10.9. The molecule has 0 unspecified atom stereocenters. The maximum Gasteiger partial charge on any atom is 0.418 e. The molecule has 0 aliphatic heterocycles. The van der Waals surface area contributed by atoms with Crippen molar-refractivity contribution in [2.45, 2.75) is 52.8 Å². The van der Waals surface area contributed by atoms with Crippen LogP contribution < -0.4 is 10.9 Å². The SMILES string of the molecule is CC(C)COCc1nc(NNc2ccc(C(C)(C)C)cc2)c2ccc(-c3ncccc3C(F)(F)F)nc2n1. The summed E-state index contributed by atoms with van der Waals surface area (Å²) >= 11 is 0. The number of hydrazine groups is 1. The van der Waals surface area contributed by atoms with Gasteiger partial charge in [0.2, 0.25) is 0 Å². The number of hydrogen-bond donors (Lipinski definition) is 2. The average molecular weight is 525 g/mol. The van der Waals surface area contributed by atoms with E-state index in [1.54, 1.807) is 6.07 Å². The number of nitrogens with one attached hydrogen (secondary N) is 2. The summed E-state index contributed by atoms with van der Waals surface area (Å²) in [5.41, 5.74) is 7.46. The van der Waals surface area contributed by atoms with Gasteiger partial charge < -0.3 is 4.74 Å². The van der Waals surface area contributed by atoms with Crippen LogP contribution in [0.3, 0.4) is 0 Å². The lowest BCUT2D eigenvalue weighted by atomic mass is 9.87. The molecule has 1 aromatic carbocycles. The van der Waals surface area contributed by atoms with Crippen LogP contribution in [0.5, 0.6) is 0 Å². The van der Waals surface area contributed by atoms with E-state index in [1.807, 2.05) is 38.1 Å². The minimum atomic E-state index is -4.57. The van der Waals surface area contributed by atoms with Gasteiger partial charge in [-0.25, -0.2) is 15.0 Å². The van der Waals surface area contributed by atoms with Crippen molar-refractivity contribution in [3.05, 3.63) is 71.7 Å². The molecule has 0 saturated heterocycles. The van der Waals surface area contributed by atoms with Gasteiger partial charge in [-0.3, -0.25) is 15.8 Å². The number of rotatable bonds is 8. The molecule has 10 heteroatoms. The number of halogens is 3. The van der Waals surface area contributed by atoms with Crippen molar-refractivity contribution in [1.29, 1.82) is 0 Å². The molecule has 0 radical (unpaired) electrons. The highest BCUT2D eigenvalue weighted by Crippen LogP contribution is 2.35. The van der Waals surface area contributed by atoms with E-state index in [-0.39, 0.29) is 29.1 Å². The maximum atomic E-state index is 13.6. The van der Waals surface area contributed by atoms with Crippen molar-refractivity contribution in [3.8, 4) is 11.4 Å². The normalized spacial score (nSPS) is 12.2. The third kappa shape index (κ3) is 6.55. The quantitative estimate of drug-likeness (QED) is 0.240. The van der Waals surface area contributed by atoms with Crippen LogP contribution in [0, 0.1) is 5.92 Å². The predicted octanol–water partition coefficient (Wildman–Crippen LogP) is 7.01. The molecule has 0 fully saturated rings. The van der Waals surface area contributed by atoms with Gasteiger partial charge in [0.15, 0.2) is 17.3 Å². The second-order valence-corrected chi connectivity index (χ2v) is 10.4. The molecule has 2 N–H and O–H groups in total. The molecular weight excluding hydrogens is 493 g/mol. The molecule has 0 saturated carbocycles. The van der Waals surface area contributed by atoms with Gasteiger partial charge in [0.25, 0.3) is 0 Å². The Morgan fingerprint density at radius 3 is 2.29 bits per heavy atom. The molecule has 3 aromatic heterocycles. The first-order chi connectivity index (χ1) is 17.9. The van der Waals surface area contributed by atoms with E-state index < -0.39 is 11.7 Å². The fourth-order valence-corrected chi connectivity index (χ4v) is 3.76. The van der Waals surface area contributed by atoms with Gasteiger partial charge in [-0.2, -0.15) is 13.2 Å². The number of benzene rings is 1. The Morgan fingerprint density at radius 1 is 0.895 bits per heavy atom. The Hall–Kier alpha value is -3.79. The molecule has 0 aliphatic carbocycles. The molecule has 4 rings (SSSR count). The first kappa shape index (κ1) is 27.3. The highest BCUT2D eigenvalue weighted by molar-refractivity contribution is 5.88. The van der Waals surface area contributed by atoms with Crippen molar-refractivity contribution >= 4 is 22.5 Å². The van der Waals surface area contributed by atoms with Crippen molar-refractivity contribution in [2.24, 2.45) is 5.92 Å². The van der Waals surface area contributed by atoms with Gasteiger partial charge >= 0.3 is 6.18 Å². The first-order valence-electron chi connectivity index (χ1n) is 12.3. The third-order valence-corrected chi connectivity index (χ3v) is 5.72. The molecule has 0 amide bonds. The van der Waals surface area contributed by atoms with Crippen LogP contribution >= 0.6 is 0 Å². The van der Waals surface area contributed by atoms with E-state index in [4.69, 9.17) is 4.74 Å². The summed E-state index contributed by atoms with van der Waals surface area (Å²) in [6.45, 7) is 11.1. The van der Waals surface area contributed by atoms with Crippen LogP contribution in [0.2, 0.25) is 0 Å². The molecule has 38 heavy (non-hydrogen) atoms. The minimum Gasteiger partial charge on any atom is -0.373 e. The van der Waals surface area contributed by atoms with Gasteiger partial charge in [-0.1, -0.05) is 46.8 Å². The van der Waals surface area contributed by atoms with Crippen molar-refractivity contribution in [1.82, 2.24) is 19.9 Å². The Labute approximate surface area is 219 Å². The highest BCUT2D eigenvalue weighted by Gasteiger charge is 2.34. The lowest BCUT2D eigenvalue weighted by molar-refractivity contribution is -0.137. The van der Waals surface area contributed by atoms with Gasteiger partial charge in [0.1, 0.15) is 12.3 Å².